The Balaban J connectivity index is 1.45. The number of hydrogen-bond acceptors (Lipinski definition) is 2. The summed E-state index contributed by atoms with van der Waals surface area (Å²) < 4.78 is 2.29. The van der Waals surface area contributed by atoms with Crippen LogP contribution >= 0.6 is 0 Å². The van der Waals surface area contributed by atoms with Crippen LogP contribution in [0.1, 0.15) is 50.4 Å². The van der Waals surface area contributed by atoms with Gasteiger partial charge in [-0.2, -0.15) is 0 Å². The van der Waals surface area contributed by atoms with Gasteiger partial charge in [0.2, 0.25) is 5.91 Å². The zero-order chi connectivity index (χ0) is 17.6. The topological polar surface area (TPSA) is 38.1 Å². The highest BCUT2D eigenvalue weighted by atomic mass is 16.2. The summed E-state index contributed by atoms with van der Waals surface area (Å²) >= 11 is 0. The van der Waals surface area contributed by atoms with Crippen LogP contribution in [0.2, 0.25) is 0 Å². The molecule has 1 aromatic heterocycles. The Hall–Kier alpha value is -2.10. The van der Waals surface area contributed by atoms with E-state index < -0.39 is 0 Å². The Kier molecular flexibility index (Phi) is 5.90. The maximum Gasteiger partial charge on any atom is 0.222 e. The number of amides is 1. The van der Waals surface area contributed by atoms with Crippen molar-refractivity contribution in [3.8, 4) is 0 Å². The van der Waals surface area contributed by atoms with E-state index in [1.54, 1.807) is 0 Å². The molecule has 4 heteroatoms. The molecule has 0 spiro atoms. The first-order valence-corrected chi connectivity index (χ1v) is 9.46. The monoisotopic (exact) mass is 339 g/mol. The van der Waals surface area contributed by atoms with Crippen molar-refractivity contribution in [1.29, 1.82) is 0 Å². The van der Waals surface area contributed by atoms with E-state index in [2.05, 4.69) is 46.6 Å². The Morgan fingerprint density at radius 2 is 1.92 bits per heavy atom. The number of rotatable bonds is 6. The number of benzene rings is 1. The third-order valence-electron chi connectivity index (χ3n) is 5.16. The van der Waals surface area contributed by atoms with Crippen molar-refractivity contribution in [3.63, 3.8) is 0 Å². The Morgan fingerprint density at radius 1 is 1.20 bits per heavy atom. The van der Waals surface area contributed by atoms with Crippen LogP contribution in [0.15, 0.2) is 42.7 Å². The molecule has 0 saturated carbocycles. The number of carbonyl (C=O) groups is 1. The first-order chi connectivity index (χ1) is 12.1. The SMILES string of the molecule is CC(C)c1nccn1CC1CCN(C(=O)CCc2ccccc2)CC1. The van der Waals surface area contributed by atoms with Gasteiger partial charge in [0.05, 0.1) is 0 Å². The fourth-order valence-corrected chi connectivity index (χ4v) is 3.67. The van der Waals surface area contributed by atoms with Crippen LogP contribution < -0.4 is 0 Å². The molecule has 1 fully saturated rings. The number of imidazole rings is 1. The maximum atomic E-state index is 12.4. The van der Waals surface area contributed by atoms with Crippen LogP contribution in [-0.4, -0.2) is 33.4 Å². The molecule has 2 aromatic rings. The van der Waals surface area contributed by atoms with Gasteiger partial charge in [-0.3, -0.25) is 4.79 Å². The van der Waals surface area contributed by atoms with Crippen molar-refractivity contribution in [3.05, 3.63) is 54.1 Å². The fourth-order valence-electron chi connectivity index (χ4n) is 3.67. The summed E-state index contributed by atoms with van der Waals surface area (Å²) in [5.41, 5.74) is 1.24. The average molecular weight is 339 g/mol. The lowest BCUT2D eigenvalue weighted by atomic mass is 9.96. The van der Waals surface area contributed by atoms with Gasteiger partial charge < -0.3 is 9.47 Å². The minimum Gasteiger partial charge on any atom is -0.343 e. The van der Waals surface area contributed by atoms with Gasteiger partial charge in [0, 0.05) is 44.4 Å². The van der Waals surface area contributed by atoms with Crippen molar-refractivity contribution < 1.29 is 4.79 Å². The third kappa shape index (κ3) is 4.71. The van der Waals surface area contributed by atoms with E-state index in [1.807, 2.05) is 24.4 Å². The molecule has 2 heterocycles. The molecule has 0 unspecified atom stereocenters. The highest BCUT2D eigenvalue weighted by molar-refractivity contribution is 5.76. The van der Waals surface area contributed by atoms with Gasteiger partial charge in [-0.25, -0.2) is 4.98 Å². The molecule has 1 aliphatic heterocycles. The number of piperidine rings is 1. The number of likely N-dealkylation sites (tertiary alicyclic amines) is 1. The van der Waals surface area contributed by atoms with Crippen LogP contribution in [0.4, 0.5) is 0 Å². The van der Waals surface area contributed by atoms with Crippen molar-refractivity contribution in [2.24, 2.45) is 5.92 Å². The van der Waals surface area contributed by atoms with Gasteiger partial charge in [0.25, 0.3) is 0 Å². The van der Waals surface area contributed by atoms with Crippen LogP contribution in [0.25, 0.3) is 0 Å². The van der Waals surface area contributed by atoms with Crippen molar-refractivity contribution in [1.82, 2.24) is 14.5 Å². The number of nitrogens with zero attached hydrogens (tertiary/aromatic N) is 3. The second-order valence-electron chi connectivity index (χ2n) is 7.40. The zero-order valence-corrected chi connectivity index (χ0v) is 15.4. The fraction of sp³-hybridized carbons (Fsp3) is 0.524. The van der Waals surface area contributed by atoms with E-state index in [1.165, 1.54) is 11.4 Å². The van der Waals surface area contributed by atoms with Gasteiger partial charge >= 0.3 is 0 Å². The molecule has 1 saturated heterocycles. The van der Waals surface area contributed by atoms with Gasteiger partial charge in [0.15, 0.2) is 0 Å². The van der Waals surface area contributed by atoms with E-state index in [0.717, 1.165) is 38.9 Å². The predicted octanol–water partition coefficient (Wildman–Crippen LogP) is 3.88. The molecule has 3 rings (SSSR count). The normalized spacial score (nSPS) is 15.7. The molecule has 134 valence electrons. The first kappa shape index (κ1) is 17.7. The highest BCUT2D eigenvalue weighted by Crippen LogP contribution is 2.22. The van der Waals surface area contributed by atoms with E-state index in [-0.39, 0.29) is 0 Å². The van der Waals surface area contributed by atoms with E-state index in [0.29, 0.717) is 24.2 Å². The van der Waals surface area contributed by atoms with Crippen LogP contribution in [0, 0.1) is 5.92 Å². The van der Waals surface area contributed by atoms with Crippen LogP contribution in [0.3, 0.4) is 0 Å². The minimum absolute atomic E-state index is 0.299. The number of hydrogen-bond donors (Lipinski definition) is 0. The number of aryl methyl sites for hydroxylation is 1. The molecule has 4 nitrogen and oxygen atoms in total. The van der Waals surface area contributed by atoms with E-state index >= 15 is 0 Å². The second kappa shape index (κ2) is 8.32. The molecule has 0 N–H and O–H groups in total. The third-order valence-corrected chi connectivity index (χ3v) is 5.16. The molecule has 0 bridgehead atoms. The number of aromatic nitrogens is 2. The van der Waals surface area contributed by atoms with Gasteiger partial charge in [-0.1, -0.05) is 44.2 Å². The first-order valence-electron chi connectivity index (χ1n) is 9.46. The van der Waals surface area contributed by atoms with Gasteiger partial charge in [0.1, 0.15) is 5.82 Å². The summed E-state index contributed by atoms with van der Waals surface area (Å²) in [5, 5.41) is 0. The lowest BCUT2D eigenvalue weighted by molar-refractivity contribution is -0.132. The predicted molar refractivity (Wildman–Crippen MR) is 100 cm³/mol. The Labute approximate surface area is 150 Å². The summed E-state index contributed by atoms with van der Waals surface area (Å²) in [5.74, 6) is 2.56. The van der Waals surface area contributed by atoms with Crippen molar-refractivity contribution in [2.75, 3.05) is 13.1 Å². The summed E-state index contributed by atoms with van der Waals surface area (Å²) in [7, 11) is 0. The molecule has 0 atom stereocenters. The van der Waals surface area contributed by atoms with Gasteiger partial charge in [-0.05, 0) is 30.7 Å². The average Bonchev–Trinajstić information content (AvgIpc) is 3.09. The maximum absolute atomic E-state index is 12.4. The largest absolute Gasteiger partial charge is 0.343 e. The second-order valence-corrected chi connectivity index (χ2v) is 7.40. The Morgan fingerprint density at radius 3 is 2.60 bits per heavy atom. The number of carbonyl (C=O) groups excluding carboxylic acids is 1. The van der Waals surface area contributed by atoms with Crippen LogP contribution in [-0.2, 0) is 17.8 Å². The zero-order valence-electron chi connectivity index (χ0n) is 15.4. The smallest absolute Gasteiger partial charge is 0.222 e. The molecular formula is C21H29N3O. The van der Waals surface area contributed by atoms with E-state index in [9.17, 15) is 4.79 Å². The van der Waals surface area contributed by atoms with Gasteiger partial charge in [-0.15, -0.1) is 0 Å². The molecular weight excluding hydrogens is 310 g/mol. The molecule has 0 radical (unpaired) electrons. The molecule has 1 aromatic carbocycles. The summed E-state index contributed by atoms with van der Waals surface area (Å²) in [6.07, 6.45) is 7.63. The van der Waals surface area contributed by atoms with Crippen LogP contribution in [0.5, 0.6) is 0 Å². The lowest BCUT2D eigenvalue weighted by Crippen LogP contribution is -2.39. The lowest BCUT2D eigenvalue weighted by Gasteiger charge is -2.32. The molecule has 25 heavy (non-hydrogen) atoms. The van der Waals surface area contributed by atoms with E-state index in [4.69, 9.17) is 0 Å². The summed E-state index contributed by atoms with van der Waals surface area (Å²) in [6, 6.07) is 10.3. The van der Waals surface area contributed by atoms with Crippen molar-refractivity contribution >= 4 is 5.91 Å². The summed E-state index contributed by atoms with van der Waals surface area (Å²) in [4.78, 5) is 19.0. The molecule has 0 aliphatic carbocycles. The quantitative estimate of drug-likeness (QED) is 0.801. The van der Waals surface area contributed by atoms with Crippen molar-refractivity contribution in [2.45, 2.75) is 52.0 Å². The summed E-state index contributed by atoms with van der Waals surface area (Å²) in [6.45, 7) is 7.19. The Bertz CT molecular complexity index is 669. The molecule has 1 aliphatic rings. The minimum atomic E-state index is 0.299. The molecule has 1 amide bonds. The highest BCUT2D eigenvalue weighted by Gasteiger charge is 2.23. The standard InChI is InChI=1S/C21H29N3O/c1-17(2)21-22-12-15-24(21)16-19-10-13-23(14-11-19)20(25)9-8-18-6-4-3-5-7-18/h3-7,12,15,17,19H,8-11,13-14,16H2,1-2H3.